The molecule has 1 aromatic rings. The molecule has 1 saturated heterocycles. The summed E-state index contributed by atoms with van der Waals surface area (Å²) < 4.78 is 13.3. The minimum Gasteiger partial charge on any atom is -0.478 e. The number of piperidine rings is 1. The zero-order chi connectivity index (χ0) is 13.8. The SMILES string of the molecule is Cc1cc(/C(=C/C(=O)O)C2CCNCC2)ccc1F. The lowest BCUT2D eigenvalue weighted by Gasteiger charge is -2.25. The van der Waals surface area contributed by atoms with Gasteiger partial charge in [-0.15, -0.1) is 0 Å². The van der Waals surface area contributed by atoms with E-state index < -0.39 is 5.97 Å². The fourth-order valence-electron chi connectivity index (χ4n) is 2.53. The largest absolute Gasteiger partial charge is 0.478 e. The number of hydrogen-bond acceptors (Lipinski definition) is 2. The number of halogens is 1. The highest BCUT2D eigenvalue weighted by Gasteiger charge is 2.20. The lowest BCUT2D eigenvalue weighted by Crippen LogP contribution is -2.28. The van der Waals surface area contributed by atoms with Crippen molar-refractivity contribution in [3.8, 4) is 0 Å². The predicted molar refractivity (Wildman–Crippen MR) is 72.3 cm³/mol. The minimum atomic E-state index is -0.949. The first-order valence-electron chi connectivity index (χ1n) is 6.49. The molecule has 0 unspecified atom stereocenters. The van der Waals surface area contributed by atoms with Crippen molar-refractivity contribution >= 4 is 11.5 Å². The van der Waals surface area contributed by atoms with Crippen LogP contribution in [0.25, 0.3) is 5.57 Å². The van der Waals surface area contributed by atoms with Gasteiger partial charge in [-0.3, -0.25) is 0 Å². The molecule has 0 amide bonds. The van der Waals surface area contributed by atoms with Gasteiger partial charge in [0.25, 0.3) is 0 Å². The smallest absolute Gasteiger partial charge is 0.328 e. The van der Waals surface area contributed by atoms with Crippen LogP contribution in [-0.4, -0.2) is 24.2 Å². The van der Waals surface area contributed by atoms with Crippen LogP contribution < -0.4 is 5.32 Å². The molecule has 1 aromatic carbocycles. The van der Waals surface area contributed by atoms with Crippen molar-refractivity contribution < 1.29 is 14.3 Å². The number of rotatable bonds is 3. The Morgan fingerprint density at radius 2 is 2.11 bits per heavy atom. The Morgan fingerprint density at radius 1 is 1.42 bits per heavy atom. The summed E-state index contributed by atoms with van der Waals surface area (Å²) in [4.78, 5) is 11.0. The molecular formula is C15H18FNO2. The highest BCUT2D eigenvalue weighted by molar-refractivity contribution is 5.90. The molecule has 0 aromatic heterocycles. The third-order valence-electron chi connectivity index (χ3n) is 3.55. The van der Waals surface area contributed by atoms with E-state index >= 15 is 0 Å². The van der Waals surface area contributed by atoms with Crippen LogP contribution in [0.1, 0.15) is 24.0 Å². The first-order chi connectivity index (χ1) is 9.08. The third-order valence-corrected chi connectivity index (χ3v) is 3.55. The molecule has 0 bridgehead atoms. The van der Waals surface area contributed by atoms with E-state index in [-0.39, 0.29) is 11.7 Å². The number of aryl methyl sites for hydroxylation is 1. The van der Waals surface area contributed by atoms with Crippen molar-refractivity contribution in [2.75, 3.05) is 13.1 Å². The Hall–Kier alpha value is -1.68. The molecule has 19 heavy (non-hydrogen) atoms. The quantitative estimate of drug-likeness (QED) is 0.824. The van der Waals surface area contributed by atoms with Crippen molar-refractivity contribution in [2.45, 2.75) is 19.8 Å². The number of carboxylic acids is 1. The number of benzene rings is 1. The number of aliphatic carboxylic acids is 1. The van der Waals surface area contributed by atoms with E-state index in [4.69, 9.17) is 5.11 Å². The van der Waals surface area contributed by atoms with E-state index in [2.05, 4.69) is 5.32 Å². The molecule has 0 aliphatic carbocycles. The van der Waals surface area contributed by atoms with Crippen molar-refractivity contribution in [3.63, 3.8) is 0 Å². The second-order valence-electron chi connectivity index (χ2n) is 4.93. The molecular weight excluding hydrogens is 245 g/mol. The van der Waals surface area contributed by atoms with Gasteiger partial charge in [0, 0.05) is 6.08 Å². The zero-order valence-corrected chi connectivity index (χ0v) is 10.9. The highest BCUT2D eigenvalue weighted by Crippen LogP contribution is 2.30. The summed E-state index contributed by atoms with van der Waals surface area (Å²) in [7, 11) is 0. The monoisotopic (exact) mass is 263 g/mol. The molecule has 1 aliphatic rings. The molecule has 2 rings (SSSR count). The Morgan fingerprint density at radius 3 is 2.68 bits per heavy atom. The number of allylic oxidation sites excluding steroid dienone is 1. The van der Waals surface area contributed by atoms with Gasteiger partial charge in [-0.2, -0.15) is 0 Å². The lowest BCUT2D eigenvalue weighted by molar-refractivity contribution is -0.131. The fourth-order valence-corrected chi connectivity index (χ4v) is 2.53. The minimum absolute atomic E-state index is 0.224. The van der Waals surface area contributed by atoms with Crippen LogP contribution in [0.15, 0.2) is 24.3 Å². The molecule has 3 nitrogen and oxygen atoms in total. The zero-order valence-electron chi connectivity index (χ0n) is 10.9. The lowest BCUT2D eigenvalue weighted by atomic mass is 9.85. The second kappa shape index (κ2) is 5.97. The second-order valence-corrected chi connectivity index (χ2v) is 4.93. The average Bonchev–Trinajstić information content (AvgIpc) is 2.40. The van der Waals surface area contributed by atoms with Crippen LogP contribution in [0.4, 0.5) is 4.39 Å². The van der Waals surface area contributed by atoms with Gasteiger partial charge in [0.15, 0.2) is 0 Å². The maximum Gasteiger partial charge on any atom is 0.328 e. The molecule has 1 fully saturated rings. The van der Waals surface area contributed by atoms with E-state index in [1.165, 1.54) is 12.1 Å². The van der Waals surface area contributed by atoms with Gasteiger partial charge in [0.2, 0.25) is 0 Å². The molecule has 102 valence electrons. The van der Waals surface area contributed by atoms with Crippen LogP contribution in [0.5, 0.6) is 0 Å². The van der Waals surface area contributed by atoms with E-state index in [1.54, 1.807) is 19.1 Å². The van der Waals surface area contributed by atoms with Crippen molar-refractivity contribution in [1.82, 2.24) is 5.32 Å². The number of nitrogens with one attached hydrogen (secondary N) is 1. The topological polar surface area (TPSA) is 49.3 Å². The Labute approximate surface area is 112 Å². The van der Waals surface area contributed by atoms with Crippen molar-refractivity contribution in [1.29, 1.82) is 0 Å². The summed E-state index contributed by atoms with van der Waals surface area (Å²) in [6.07, 6.45) is 3.09. The summed E-state index contributed by atoms with van der Waals surface area (Å²) >= 11 is 0. The molecule has 0 spiro atoms. The van der Waals surface area contributed by atoms with Gasteiger partial charge < -0.3 is 10.4 Å². The van der Waals surface area contributed by atoms with Crippen molar-refractivity contribution in [3.05, 3.63) is 41.2 Å². The van der Waals surface area contributed by atoms with E-state index in [9.17, 15) is 9.18 Å². The maximum atomic E-state index is 13.3. The first-order valence-corrected chi connectivity index (χ1v) is 6.49. The standard InChI is InChI=1S/C15H18FNO2/c1-10-8-12(2-3-14(10)16)13(9-15(18)19)11-4-6-17-7-5-11/h2-3,8-9,11,17H,4-7H2,1H3,(H,18,19)/b13-9+. The summed E-state index contributed by atoms with van der Waals surface area (Å²) in [5, 5.41) is 12.3. The van der Waals surface area contributed by atoms with E-state index in [1.807, 2.05) is 0 Å². The van der Waals surface area contributed by atoms with Crippen LogP contribution >= 0.6 is 0 Å². The van der Waals surface area contributed by atoms with Crippen LogP contribution in [0.2, 0.25) is 0 Å². The third kappa shape index (κ3) is 3.41. The van der Waals surface area contributed by atoms with Crippen LogP contribution in [-0.2, 0) is 4.79 Å². The summed E-state index contributed by atoms with van der Waals surface area (Å²) in [5.41, 5.74) is 2.16. The molecule has 2 N–H and O–H groups in total. The fraction of sp³-hybridized carbons (Fsp3) is 0.400. The summed E-state index contributed by atoms with van der Waals surface area (Å²) in [5.74, 6) is -0.985. The molecule has 0 radical (unpaired) electrons. The van der Waals surface area contributed by atoms with Crippen LogP contribution in [0.3, 0.4) is 0 Å². The molecule has 1 aliphatic heterocycles. The Kier molecular flexibility index (Phi) is 4.32. The van der Waals surface area contributed by atoms with Gasteiger partial charge in [-0.25, -0.2) is 9.18 Å². The van der Waals surface area contributed by atoms with Gasteiger partial charge in [0.1, 0.15) is 5.82 Å². The number of hydrogen-bond donors (Lipinski definition) is 2. The predicted octanol–water partition coefficient (Wildman–Crippen LogP) is 2.60. The molecule has 1 heterocycles. The maximum absolute atomic E-state index is 13.3. The van der Waals surface area contributed by atoms with Gasteiger partial charge in [-0.1, -0.05) is 6.07 Å². The number of carbonyl (C=O) groups is 1. The van der Waals surface area contributed by atoms with Crippen molar-refractivity contribution in [2.24, 2.45) is 5.92 Å². The van der Waals surface area contributed by atoms with E-state index in [0.29, 0.717) is 5.56 Å². The summed E-state index contributed by atoms with van der Waals surface area (Å²) in [6, 6.07) is 4.80. The average molecular weight is 263 g/mol. The molecule has 4 heteroatoms. The molecule has 0 atom stereocenters. The normalized spacial score (nSPS) is 17.5. The van der Waals surface area contributed by atoms with Gasteiger partial charge in [-0.05, 0) is 67.6 Å². The summed E-state index contributed by atoms with van der Waals surface area (Å²) in [6.45, 7) is 3.48. The molecule has 0 saturated carbocycles. The highest BCUT2D eigenvalue weighted by atomic mass is 19.1. The number of carboxylic acid groups (broad SMARTS) is 1. The van der Waals surface area contributed by atoms with E-state index in [0.717, 1.165) is 37.1 Å². The van der Waals surface area contributed by atoms with Gasteiger partial charge >= 0.3 is 5.97 Å². The van der Waals surface area contributed by atoms with Gasteiger partial charge in [0.05, 0.1) is 0 Å². The van der Waals surface area contributed by atoms with Crippen LogP contribution in [0, 0.1) is 18.7 Å². The Balaban J connectivity index is 2.36. The Bertz CT molecular complexity index is 505. The first kappa shape index (κ1) is 13.7.